The van der Waals surface area contributed by atoms with Gasteiger partial charge in [-0.3, -0.25) is 0 Å². The monoisotopic (exact) mass is 308 g/mol. The van der Waals surface area contributed by atoms with Gasteiger partial charge in [-0.25, -0.2) is 4.68 Å². The van der Waals surface area contributed by atoms with Crippen molar-refractivity contribution in [1.82, 2.24) is 30.3 Å². The van der Waals surface area contributed by atoms with Gasteiger partial charge in [0.15, 0.2) is 0 Å². The van der Waals surface area contributed by atoms with Crippen molar-refractivity contribution < 1.29 is 4.52 Å². The minimum absolute atomic E-state index is 0.509. The highest BCUT2D eigenvalue weighted by atomic mass is 35.5. The van der Waals surface area contributed by atoms with Crippen LogP contribution in [0.3, 0.4) is 0 Å². The maximum atomic E-state index is 5.84. The molecule has 0 saturated carbocycles. The van der Waals surface area contributed by atoms with E-state index in [0.717, 1.165) is 5.56 Å². The van der Waals surface area contributed by atoms with Gasteiger partial charge in [-0.2, -0.15) is 4.98 Å². The molecule has 9 heteroatoms. The van der Waals surface area contributed by atoms with E-state index >= 15 is 0 Å². The van der Waals surface area contributed by atoms with Crippen LogP contribution in [0, 0.1) is 0 Å². The van der Waals surface area contributed by atoms with E-state index in [-0.39, 0.29) is 0 Å². The Hall–Kier alpha value is -1.93. The summed E-state index contributed by atoms with van der Waals surface area (Å²) in [6.45, 7) is 0. The van der Waals surface area contributed by atoms with Gasteiger partial charge in [0.1, 0.15) is 0 Å². The third-order valence-electron chi connectivity index (χ3n) is 2.48. The van der Waals surface area contributed by atoms with Gasteiger partial charge in [-0.15, -0.1) is 5.10 Å². The van der Waals surface area contributed by atoms with Crippen LogP contribution < -0.4 is 0 Å². The molecule has 0 aliphatic heterocycles. The zero-order valence-corrected chi connectivity index (χ0v) is 12.0. The number of aromatic nitrogens is 6. The SMILES string of the molecule is Cn1nnnc1SCc1nc(-c2ccc(Cl)cc2)no1. The lowest BCUT2D eigenvalue weighted by Crippen LogP contribution is -1.93. The van der Waals surface area contributed by atoms with Crippen LogP contribution in [-0.2, 0) is 12.8 Å². The van der Waals surface area contributed by atoms with Crippen molar-refractivity contribution in [2.24, 2.45) is 7.05 Å². The van der Waals surface area contributed by atoms with Crippen LogP contribution in [0.4, 0.5) is 0 Å². The largest absolute Gasteiger partial charge is 0.338 e. The van der Waals surface area contributed by atoms with Gasteiger partial charge in [0.25, 0.3) is 0 Å². The molecule has 0 saturated heterocycles. The lowest BCUT2D eigenvalue weighted by molar-refractivity contribution is 0.391. The number of nitrogens with zero attached hydrogens (tertiary/aromatic N) is 6. The Kier molecular flexibility index (Phi) is 3.66. The van der Waals surface area contributed by atoms with Gasteiger partial charge in [0.05, 0.1) is 5.75 Å². The Morgan fingerprint density at radius 1 is 1.30 bits per heavy atom. The van der Waals surface area contributed by atoms with Gasteiger partial charge < -0.3 is 4.52 Å². The number of thioether (sulfide) groups is 1. The molecule has 0 unspecified atom stereocenters. The quantitative estimate of drug-likeness (QED) is 0.683. The summed E-state index contributed by atoms with van der Waals surface area (Å²) in [7, 11) is 1.77. The van der Waals surface area contributed by atoms with Gasteiger partial charge in [0, 0.05) is 17.6 Å². The second kappa shape index (κ2) is 5.59. The molecule has 0 fully saturated rings. The van der Waals surface area contributed by atoms with Crippen LogP contribution in [0.5, 0.6) is 0 Å². The van der Waals surface area contributed by atoms with Crippen molar-refractivity contribution in [2.45, 2.75) is 10.9 Å². The summed E-state index contributed by atoms with van der Waals surface area (Å²) < 4.78 is 6.78. The summed E-state index contributed by atoms with van der Waals surface area (Å²) in [5.41, 5.74) is 0.856. The van der Waals surface area contributed by atoms with Gasteiger partial charge in [0.2, 0.25) is 16.9 Å². The third-order valence-corrected chi connectivity index (χ3v) is 3.72. The lowest BCUT2D eigenvalue weighted by Gasteiger charge is -1.94. The van der Waals surface area contributed by atoms with Crippen LogP contribution in [0.2, 0.25) is 5.02 Å². The standard InChI is InChI=1S/C11H9ClN6OS/c1-18-11(14-16-17-18)20-6-9-13-10(15-19-9)7-2-4-8(12)5-3-7/h2-5H,6H2,1H3. The molecule has 0 atom stereocenters. The molecule has 3 aromatic rings. The number of hydrogen-bond acceptors (Lipinski definition) is 7. The Balaban J connectivity index is 1.71. The minimum Gasteiger partial charge on any atom is -0.338 e. The molecular formula is C11H9ClN6OS. The molecule has 1 aromatic carbocycles. The molecule has 0 radical (unpaired) electrons. The number of halogens is 1. The highest BCUT2D eigenvalue weighted by Crippen LogP contribution is 2.22. The number of benzene rings is 1. The van der Waals surface area contributed by atoms with E-state index in [4.69, 9.17) is 16.1 Å². The number of aryl methyl sites for hydroxylation is 1. The highest BCUT2D eigenvalue weighted by Gasteiger charge is 2.11. The second-order valence-electron chi connectivity index (χ2n) is 3.89. The second-order valence-corrected chi connectivity index (χ2v) is 5.27. The van der Waals surface area contributed by atoms with Crippen LogP contribution in [0.1, 0.15) is 5.89 Å². The average molecular weight is 309 g/mol. The van der Waals surface area contributed by atoms with E-state index in [1.165, 1.54) is 11.8 Å². The van der Waals surface area contributed by atoms with Crippen molar-refractivity contribution in [3.8, 4) is 11.4 Å². The third kappa shape index (κ3) is 2.81. The molecule has 0 aliphatic rings. The number of hydrogen-bond donors (Lipinski definition) is 0. The maximum absolute atomic E-state index is 5.84. The molecular weight excluding hydrogens is 300 g/mol. The first-order valence-corrected chi connectivity index (χ1v) is 7.02. The normalized spacial score (nSPS) is 10.9. The van der Waals surface area contributed by atoms with Crippen molar-refractivity contribution in [3.05, 3.63) is 35.2 Å². The van der Waals surface area contributed by atoms with Crippen LogP contribution in [0.15, 0.2) is 33.9 Å². The molecule has 0 amide bonds. The van der Waals surface area contributed by atoms with E-state index in [0.29, 0.717) is 27.6 Å². The molecule has 7 nitrogen and oxygen atoms in total. The Labute approximate surface area is 123 Å². The van der Waals surface area contributed by atoms with Gasteiger partial charge in [-0.1, -0.05) is 28.5 Å². The topological polar surface area (TPSA) is 82.5 Å². The van der Waals surface area contributed by atoms with Crippen molar-refractivity contribution in [1.29, 1.82) is 0 Å². The maximum Gasteiger partial charge on any atom is 0.237 e. The molecule has 2 aromatic heterocycles. The fraction of sp³-hybridized carbons (Fsp3) is 0.182. The molecule has 0 aliphatic carbocycles. The Bertz CT molecular complexity index is 710. The molecule has 2 heterocycles. The highest BCUT2D eigenvalue weighted by molar-refractivity contribution is 7.98. The first kappa shape index (κ1) is 13.1. The zero-order valence-electron chi connectivity index (χ0n) is 10.4. The molecule has 102 valence electrons. The van der Waals surface area contributed by atoms with Crippen molar-refractivity contribution >= 4 is 23.4 Å². The van der Waals surface area contributed by atoms with Crippen LogP contribution >= 0.6 is 23.4 Å². The molecule has 20 heavy (non-hydrogen) atoms. The lowest BCUT2D eigenvalue weighted by atomic mass is 10.2. The van der Waals surface area contributed by atoms with E-state index < -0.39 is 0 Å². The molecule has 0 N–H and O–H groups in total. The summed E-state index contributed by atoms with van der Waals surface area (Å²) in [6, 6.07) is 7.26. The van der Waals surface area contributed by atoms with E-state index in [1.54, 1.807) is 23.9 Å². The van der Waals surface area contributed by atoms with Crippen molar-refractivity contribution in [2.75, 3.05) is 0 Å². The minimum atomic E-state index is 0.509. The fourth-order valence-corrected chi connectivity index (χ4v) is 2.31. The van der Waals surface area contributed by atoms with E-state index in [1.807, 2.05) is 12.1 Å². The van der Waals surface area contributed by atoms with Gasteiger partial charge in [-0.05, 0) is 34.7 Å². The molecule has 3 rings (SSSR count). The zero-order chi connectivity index (χ0) is 13.9. The summed E-state index contributed by atoms with van der Waals surface area (Å²) in [5, 5.41) is 16.5. The molecule has 0 spiro atoms. The van der Waals surface area contributed by atoms with E-state index in [9.17, 15) is 0 Å². The van der Waals surface area contributed by atoms with Crippen LogP contribution in [0.25, 0.3) is 11.4 Å². The smallest absolute Gasteiger partial charge is 0.237 e. The Morgan fingerprint density at radius 3 is 2.80 bits per heavy atom. The van der Waals surface area contributed by atoms with Crippen molar-refractivity contribution in [3.63, 3.8) is 0 Å². The van der Waals surface area contributed by atoms with Gasteiger partial charge >= 0.3 is 0 Å². The first-order valence-electron chi connectivity index (χ1n) is 5.66. The molecule has 0 bridgehead atoms. The summed E-state index contributed by atoms with van der Waals surface area (Å²) in [5.74, 6) is 1.56. The summed E-state index contributed by atoms with van der Waals surface area (Å²) in [6.07, 6.45) is 0. The van der Waals surface area contributed by atoms with E-state index in [2.05, 4.69) is 25.7 Å². The predicted octanol–water partition coefficient (Wildman–Crippen LogP) is 2.21. The number of tetrazole rings is 1. The fourth-order valence-electron chi connectivity index (χ4n) is 1.50. The summed E-state index contributed by atoms with van der Waals surface area (Å²) >= 11 is 7.26. The predicted molar refractivity (Wildman–Crippen MR) is 73.1 cm³/mol. The van der Waals surface area contributed by atoms with Crippen LogP contribution in [-0.4, -0.2) is 30.3 Å². The average Bonchev–Trinajstić information content (AvgIpc) is 3.06. The Morgan fingerprint density at radius 2 is 2.10 bits per heavy atom. The number of rotatable bonds is 4. The first-order chi connectivity index (χ1) is 9.72. The summed E-state index contributed by atoms with van der Waals surface area (Å²) in [4.78, 5) is 4.32.